The largest absolute Gasteiger partial charge is 0.327 e. The Morgan fingerprint density at radius 3 is 2.68 bits per heavy atom. The average Bonchev–Trinajstić information content (AvgIpc) is 2.28. The van der Waals surface area contributed by atoms with E-state index >= 15 is 0 Å². The highest BCUT2D eigenvalue weighted by Crippen LogP contribution is 2.28. The van der Waals surface area contributed by atoms with Crippen LogP contribution in [0.1, 0.15) is 12.8 Å². The molecule has 0 saturated carbocycles. The van der Waals surface area contributed by atoms with Gasteiger partial charge in [0.1, 0.15) is 4.90 Å². The van der Waals surface area contributed by atoms with E-state index in [1.54, 1.807) is 12.1 Å². The van der Waals surface area contributed by atoms with Crippen LogP contribution in [0, 0.1) is 0 Å². The predicted molar refractivity (Wildman–Crippen MR) is 82.4 cm³/mol. The lowest BCUT2D eigenvalue weighted by Gasteiger charge is -2.30. The van der Waals surface area contributed by atoms with Crippen LogP contribution in [0.2, 0.25) is 5.02 Å². The number of piperidine rings is 1. The van der Waals surface area contributed by atoms with Crippen molar-refractivity contribution < 1.29 is 8.42 Å². The summed E-state index contributed by atoms with van der Waals surface area (Å²) in [4.78, 5) is 0.140. The van der Waals surface area contributed by atoms with Gasteiger partial charge in [-0.25, -0.2) is 8.42 Å². The highest BCUT2D eigenvalue weighted by Gasteiger charge is 2.30. The summed E-state index contributed by atoms with van der Waals surface area (Å²) in [6, 6.07) is 4.67. The second kappa shape index (κ2) is 6.74. The normalized spacial score (nSPS) is 20.9. The molecule has 1 fully saturated rings. The Balaban J connectivity index is 0.00000180. The quantitative estimate of drug-likeness (QED) is 0.845. The number of sulfonamides is 1. The second-order valence-electron chi connectivity index (χ2n) is 4.34. The van der Waals surface area contributed by atoms with Gasteiger partial charge >= 0.3 is 0 Å². The van der Waals surface area contributed by atoms with Crippen molar-refractivity contribution in [2.75, 3.05) is 13.1 Å². The molecule has 1 unspecified atom stereocenters. The van der Waals surface area contributed by atoms with Gasteiger partial charge in [0.2, 0.25) is 10.0 Å². The van der Waals surface area contributed by atoms with E-state index in [0.717, 1.165) is 17.3 Å². The fourth-order valence-corrected chi connectivity index (χ4v) is 4.56. The molecule has 1 saturated heterocycles. The Kier molecular flexibility index (Phi) is 6.10. The Hall–Kier alpha value is 0.150. The molecule has 108 valence electrons. The zero-order valence-corrected chi connectivity index (χ0v) is 14.0. The van der Waals surface area contributed by atoms with E-state index in [2.05, 4.69) is 15.9 Å². The smallest absolute Gasteiger partial charge is 0.244 e. The van der Waals surface area contributed by atoms with Crippen LogP contribution in [0.5, 0.6) is 0 Å². The lowest BCUT2D eigenvalue weighted by molar-refractivity contribution is 0.316. The molecule has 0 radical (unpaired) electrons. The minimum atomic E-state index is -3.54. The molecule has 8 heteroatoms. The molecule has 2 N–H and O–H groups in total. The molecule has 0 aliphatic carbocycles. The van der Waals surface area contributed by atoms with Crippen molar-refractivity contribution in [1.82, 2.24) is 4.31 Å². The van der Waals surface area contributed by atoms with E-state index < -0.39 is 10.0 Å². The Bertz CT molecular complexity index is 554. The van der Waals surface area contributed by atoms with Gasteiger partial charge in [0.25, 0.3) is 0 Å². The Morgan fingerprint density at radius 2 is 2.11 bits per heavy atom. The van der Waals surface area contributed by atoms with E-state index in [0.29, 0.717) is 13.1 Å². The number of halogens is 3. The fourth-order valence-electron chi connectivity index (χ4n) is 2.02. The number of hydrogen-bond donors (Lipinski definition) is 1. The first-order valence-electron chi connectivity index (χ1n) is 5.62. The summed E-state index contributed by atoms with van der Waals surface area (Å²) >= 11 is 9.26. The molecule has 2 rings (SSSR count). The third kappa shape index (κ3) is 3.83. The first-order valence-corrected chi connectivity index (χ1v) is 8.23. The van der Waals surface area contributed by atoms with Crippen LogP contribution in [0.4, 0.5) is 0 Å². The Labute approximate surface area is 132 Å². The van der Waals surface area contributed by atoms with Gasteiger partial charge < -0.3 is 5.73 Å². The van der Waals surface area contributed by atoms with Crippen molar-refractivity contribution in [3.8, 4) is 0 Å². The topological polar surface area (TPSA) is 63.4 Å². The maximum Gasteiger partial charge on any atom is 0.244 e. The van der Waals surface area contributed by atoms with Crippen molar-refractivity contribution >= 4 is 50.0 Å². The second-order valence-corrected chi connectivity index (χ2v) is 7.57. The van der Waals surface area contributed by atoms with Crippen molar-refractivity contribution in [2.45, 2.75) is 23.8 Å². The first kappa shape index (κ1) is 17.2. The molecule has 0 spiro atoms. The minimum Gasteiger partial charge on any atom is -0.327 e. The van der Waals surface area contributed by atoms with Gasteiger partial charge in [-0.3, -0.25) is 0 Å². The molecular formula is C11H15BrCl2N2O2S. The van der Waals surface area contributed by atoms with E-state index in [1.165, 1.54) is 10.4 Å². The SMILES string of the molecule is Cl.NC1CCCN(S(=O)(=O)c2ccc(Br)cc2Cl)C1. The molecule has 4 nitrogen and oxygen atoms in total. The monoisotopic (exact) mass is 388 g/mol. The highest BCUT2D eigenvalue weighted by atomic mass is 79.9. The molecule has 1 atom stereocenters. The summed E-state index contributed by atoms with van der Waals surface area (Å²) in [6.07, 6.45) is 1.65. The maximum atomic E-state index is 12.4. The molecule has 0 aromatic heterocycles. The number of nitrogens with zero attached hydrogens (tertiary/aromatic N) is 1. The van der Waals surface area contributed by atoms with Crippen LogP contribution >= 0.6 is 39.9 Å². The third-order valence-corrected chi connectivity index (χ3v) is 5.77. The van der Waals surface area contributed by atoms with Gasteiger partial charge in [-0.15, -0.1) is 12.4 Å². The van der Waals surface area contributed by atoms with Gasteiger partial charge in [0, 0.05) is 23.6 Å². The maximum absolute atomic E-state index is 12.4. The van der Waals surface area contributed by atoms with Crippen LogP contribution in [0.25, 0.3) is 0 Å². The molecule has 1 aromatic rings. The number of nitrogens with two attached hydrogens (primary N) is 1. The van der Waals surface area contributed by atoms with Crippen molar-refractivity contribution in [3.63, 3.8) is 0 Å². The Morgan fingerprint density at radius 1 is 1.42 bits per heavy atom. The highest BCUT2D eigenvalue weighted by molar-refractivity contribution is 9.10. The summed E-state index contributed by atoms with van der Waals surface area (Å²) in [7, 11) is -3.54. The van der Waals surface area contributed by atoms with Crippen LogP contribution in [0.3, 0.4) is 0 Å². The zero-order chi connectivity index (χ0) is 13.3. The van der Waals surface area contributed by atoms with E-state index in [9.17, 15) is 8.42 Å². The summed E-state index contributed by atoms with van der Waals surface area (Å²) in [6.45, 7) is 0.858. The van der Waals surface area contributed by atoms with Crippen molar-refractivity contribution in [2.24, 2.45) is 5.73 Å². The van der Waals surface area contributed by atoms with Crippen molar-refractivity contribution in [3.05, 3.63) is 27.7 Å². The molecular weight excluding hydrogens is 375 g/mol. The minimum absolute atomic E-state index is 0. The standard InChI is InChI=1S/C11H14BrClN2O2S.ClH/c12-8-3-4-11(10(13)6-8)18(16,17)15-5-1-2-9(14)7-15;/h3-4,6,9H,1-2,5,7,14H2;1H. The van der Waals surface area contributed by atoms with Gasteiger partial charge in [-0.2, -0.15) is 4.31 Å². The summed E-state index contributed by atoms with van der Waals surface area (Å²) in [5, 5.41) is 0.225. The third-order valence-electron chi connectivity index (χ3n) is 2.93. The van der Waals surface area contributed by atoms with E-state index in [-0.39, 0.29) is 28.4 Å². The van der Waals surface area contributed by atoms with Crippen LogP contribution in [0.15, 0.2) is 27.6 Å². The van der Waals surface area contributed by atoms with Crippen molar-refractivity contribution in [1.29, 1.82) is 0 Å². The summed E-state index contributed by atoms with van der Waals surface area (Å²) in [5.41, 5.74) is 5.82. The van der Waals surface area contributed by atoms with E-state index in [4.69, 9.17) is 17.3 Å². The van der Waals surface area contributed by atoms with Gasteiger partial charge in [-0.05, 0) is 31.0 Å². The van der Waals surface area contributed by atoms with Gasteiger partial charge in [-0.1, -0.05) is 27.5 Å². The van der Waals surface area contributed by atoms with Crippen LogP contribution in [-0.2, 0) is 10.0 Å². The number of hydrogen-bond acceptors (Lipinski definition) is 3. The molecule has 0 amide bonds. The first-order chi connectivity index (χ1) is 8.41. The van der Waals surface area contributed by atoms with Crippen LogP contribution < -0.4 is 5.73 Å². The molecule has 1 aromatic carbocycles. The molecule has 1 heterocycles. The summed E-state index contributed by atoms with van der Waals surface area (Å²) in [5.74, 6) is 0. The summed E-state index contributed by atoms with van der Waals surface area (Å²) < 4.78 is 27.0. The molecule has 1 aliphatic heterocycles. The van der Waals surface area contributed by atoms with Gasteiger partial charge in [0.15, 0.2) is 0 Å². The molecule has 1 aliphatic rings. The number of rotatable bonds is 2. The predicted octanol–water partition coefficient (Wildman–Crippen LogP) is 2.64. The fraction of sp³-hybridized carbons (Fsp3) is 0.455. The average molecular weight is 390 g/mol. The number of benzene rings is 1. The van der Waals surface area contributed by atoms with E-state index in [1.807, 2.05) is 0 Å². The molecule has 19 heavy (non-hydrogen) atoms. The molecule has 0 bridgehead atoms. The zero-order valence-electron chi connectivity index (χ0n) is 10.1. The lowest BCUT2D eigenvalue weighted by Crippen LogP contribution is -2.45. The lowest BCUT2D eigenvalue weighted by atomic mass is 10.1. The van der Waals surface area contributed by atoms with Gasteiger partial charge in [0.05, 0.1) is 5.02 Å². The van der Waals surface area contributed by atoms with Crippen LogP contribution in [-0.4, -0.2) is 31.9 Å².